The highest BCUT2D eigenvalue weighted by Gasteiger charge is 2.57. The largest absolute Gasteiger partial charge is 0.493 e. The molecule has 0 spiro atoms. The van der Waals surface area contributed by atoms with E-state index < -0.39 is 51.1 Å². The molecule has 0 unspecified atom stereocenters. The molecule has 45 heavy (non-hydrogen) atoms. The van der Waals surface area contributed by atoms with Gasteiger partial charge in [-0.1, -0.05) is 79.7 Å². The Kier molecular flexibility index (Phi) is 21.0. The zero-order valence-electron chi connectivity index (χ0n) is 32.7. The van der Waals surface area contributed by atoms with Crippen LogP contribution in [0, 0.1) is 0 Å². The molecule has 16 heteroatoms. The molecule has 0 saturated heterocycles. The molecule has 0 heterocycles. The molecule has 0 atom stereocenters. The van der Waals surface area contributed by atoms with Gasteiger partial charge in [-0.2, -0.15) is 0 Å². The zero-order valence-corrected chi connectivity index (χ0v) is 38.7. The predicted octanol–water partition coefficient (Wildman–Crippen LogP) is 6.71. The van der Waals surface area contributed by atoms with E-state index in [2.05, 4.69) is 93.4 Å². The molecule has 0 saturated carbocycles. The summed E-state index contributed by atoms with van der Waals surface area (Å²) in [6.45, 7) is 34.3. The van der Waals surface area contributed by atoms with Gasteiger partial charge in [-0.05, 0) is 58.5 Å². The molecule has 0 rings (SSSR count). The van der Waals surface area contributed by atoms with E-state index in [0.717, 1.165) is 58.5 Å². The summed E-state index contributed by atoms with van der Waals surface area (Å²) in [5.74, 6) is 0. The van der Waals surface area contributed by atoms with E-state index in [9.17, 15) is 0 Å². The van der Waals surface area contributed by atoms with Crippen molar-refractivity contribution in [2.45, 2.75) is 117 Å². The standard InChI is InChI=1S/C29H75N3O7Si6/c1-18-30(40(9,10)11)24-21-27-43(33-4,34-5)38-45(37-8,29-23-26-32(20-3)42(15,16)17)39-44(35-6,36-7)28-22-25-31(19-2)41(12,13)14/h18-29H2,1-17H3. The summed E-state index contributed by atoms with van der Waals surface area (Å²) in [5, 5.41) is 0. The Labute approximate surface area is 286 Å². The third-order valence-corrected chi connectivity index (χ3v) is 27.2. The second kappa shape index (κ2) is 20.5. The van der Waals surface area contributed by atoms with Gasteiger partial charge in [0.05, 0.1) is 0 Å². The number of rotatable bonds is 27. The van der Waals surface area contributed by atoms with Crippen molar-refractivity contribution in [2.75, 3.05) is 74.8 Å². The van der Waals surface area contributed by atoms with Crippen LogP contribution in [-0.4, -0.2) is 140 Å². The van der Waals surface area contributed by atoms with Gasteiger partial charge in [0.2, 0.25) is 0 Å². The summed E-state index contributed by atoms with van der Waals surface area (Å²) < 4.78 is 53.1. The van der Waals surface area contributed by atoms with Gasteiger partial charge in [-0.3, -0.25) is 0 Å². The molecule has 0 aromatic heterocycles. The third-order valence-electron chi connectivity index (χ3n) is 8.90. The summed E-state index contributed by atoms with van der Waals surface area (Å²) in [4.78, 5) is 0. The maximum Gasteiger partial charge on any atom is 0.493 e. The van der Waals surface area contributed by atoms with Gasteiger partial charge in [0.15, 0.2) is 0 Å². The van der Waals surface area contributed by atoms with Crippen molar-refractivity contribution >= 4 is 51.1 Å². The average molecular weight is 746 g/mol. The molecule has 0 aliphatic carbocycles. The maximum atomic E-state index is 7.08. The summed E-state index contributed by atoms with van der Waals surface area (Å²) >= 11 is 0. The SMILES string of the molecule is CCN(CCC[Si](OC)(OC)O[Si](CCCN(CC)[Si](C)(C)C)(OC)O[Si](CCCN(CC)[Si](C)(C)C)(OC)OC)[Si](C)(C)C. The van der Waals surface area contributed by atoms with Gasteiger partial charge in [-0.15, -0.1) is 0 Å². The van der Waals surface area contributed by atoms with Gasteiger partial charge in [0, 0.05) is 53.7 Å². The highest BCUT2D eigenvalue weighted by molar-refractivity contribution is 6.81. The monoisotopic (exact) mass is 745 g/mol. The van der Waals surface area contributed by atoms with Crippen LogP contribution in [0.25, 0.3) is 0 Å². The molecule has 0 amide bonds. The van der Waals surface area contributed by atoms with E-state index in [1.54, 1.807) is 35.5 Å². The molecule has 0 aliphatic heterocycles. The highest BCUT2D eigenvalue weighted by atomic mass is 28.5. The smallest absolute Gasteiger partial charge is 0.378 e. The Morgan fingerprint density at radius 1 is 0.378 bits per heavy atom. The number of hydrogen-bond donors (Lipinski definition) is 0. The minimum atomic E-state index is -3.40. The minimum Gasteiger partial charge on any atom is -0.378 e. The van der Waals surface area contributed by atoms with E-state index in [4.69, 9.17) is 30.4 Å². The van der Waals surface area contributed by atoms with Gasteiger partial charge in [0.1, 0.15) is 24.7 Å². The lowest BCUT2D eigenvalue weighted by Crippen LogP contribution is -2.63. The van der Waals surface area contributed by atoms with Crippen molar-refractivity contribution in [3.8, 4) is 0 Å². The summed E-state index contributed by atoms with van der Waals surface area (Å²) in [6, 6.07) is 2.02. The first kappa shape index (κ1) is 45.9. The van der Waals surface area contributed by atoms with Crippen LogP contribution in [-0.2, 0) is 30.4 Å². The quantitative estimate of drug-likeness (QED) is 0.0848. The van der Waals surface area contributed by atoms with Gasteiger partial charge >= 0.3 is 26.4 Å². The van der Waals surface area contributed by atoms with Crippen LogP contribution in [0.15, 0.2) is 0 Å². The van der Waals surface area contributed by atoms with Crippen molar-refractivity contribution in [1.29, 1.82) is 0 Å². The summed E-state index contributed by atoms with van der Waals surface area (Å²) in [7, 11) is -5.51. The topological polar surface area (TPSA) is 74.3 Å². The Bertz CT molecular complexity index is 746. The van der Waals surface area contributed by atoms with Gasteiger partial charge < -0.3 is 44.1 Å². The molecule has 0 aliphatic rings. The Morgan fingerprint density at radius 3 is 0.778 bits per heavy atom. The van der Waals surface area contributed by atoms with Crippen molar-refractivity contribution in [1.82, 2.24) is 13.7 Å². The van der Waals surface area contributed by atoms with Crippen LogP contribution < -0.4 is 0 Å². The second-order valence-electron chi connectivity index (χ2n) is 14.8. The first-order chi connectivity index (χ1) is 20.7. The zero-order chi connectivity index (χ0) is 35.2. The van der Waals surface area contributed by atoms with Crippen LogP contribution in [0.4, 0.5) is 0 Å². The van der Waals surface area contributed by atoms with Gasteiger partial charge in [0.25, 0.3) is 0 Å². The molecule has 0 bridgehead atoms. The van der Waals surface area contributed by atoms with Gasteiger partial charge in [-0.25, -0.2) is 0 Å². The second-order valence-corrected chi connectivity index (χ2v) is 39.0. The Balaban J connectivity index is 6.39. The van der Waals surface area contributed by atoms with E-state index in [1.165, 1.54) is 0 Å². The number of nitrogens with zero attached hydrogens (tertiary/aromatic N) is 3. The third kappa shape index (κ3) is 15.5. The summed E-state index contributed by atoms with van der Waals surface area (Å²) in [6.07, 6.45) is 2.71. The number of hydrogen-bond acceptors (Lipinski definition) is 10. The molecule has 0 aromatic carbocycles. The summed E-state index contributed by atoms with van der Waals surface area (Å²) in [5.41, 5.74) is 0. The normalized spacial score (nSPS) is 14.4. The molecular weight excluding hydrogens is 671 g/mol. The average Bonchev–Trinajstić information content (AvgIpc) is 2.96. The fraction of sp³-hybridized carbons (Fsp3) is 1.00. The van der Waals surface area contributed by atoms with Crippen LogP contribution in [0.2, 0.25) is 77.1 Å². The molecule has 272 valence electrons. The highest BCUT2D eigenvalue weighted by Crippen LogP contribution is 2.32. The fourth-order valence-electron chi connectivity index (χ4n) is 5.99. The van der Waals surface area contributed by atoms with Crippen molar-refractivity contribution < 1.29 is 30.4 Å². The van der Waals surface area contributed by atoms with Crippen molar-refractivity contribution in [3.63, 3.8) is 0 Å². The molecule has 0 N–H and O–H groups in total. The molecule has 0 aromatic rings. The maximum absolute atomic E-state index is 7.08. The van der Waals surface area contributed by atoms with Crippen LogP contribution >= 0.6 is 0 Å². The molecular formula is C29H75N3O7Si6. The van der Waals surface area contributed by atoms with E-state index >= 15 is 0 Å². The first-order valence-corrected chi connectivity index (χ1v) is 33.3. The van der Waals surface area contributed by atoms with Crippen LogP contribution in [0.5, 0.6) is 0 Å². The van der Waals surface area contributed by atoms with E-state index in [1.807, 2.05) is 0 Å². The lowest BCUT2D eigenvalue weighted by Gasteiger charge is -2.42. The lowest BCUT2D eigenvalue weighted by atomic mass is 10.5. The van der Waals surface area contributed by atoms with Crippen molar-refractivity contribution in [2.24, 2.45) is 0 Å². The first-order valence-electron chi connectivity index (χ1n) is 17.1. The molecule has 0 fully saturated rings. The Hall–Kier alpha value is 0.901. The van der Waals surface area contributed by atoms with Crippen LogP contribution in [0.1, 0.15) is 40.0 Å². The minimum absolute atomic E-state index is 0.638. The van der Waals surface area contributed by atoms with E-state index in [-0.39, 0.29) is 0 Å². The lowest BCUT2D eigenvalue weighted by molar-refractivity contribution is 0.0688. The predicted molar refractivity (Wildman–Crippen MR) is 205 cm³/mol. The van der Waals surface area contributed by atoms with Crippen molar-refractivity contribution in [3.05, 3.63) is 0 Å². The molecule has 10 nitrogen and oxygen atoms in total. The van der Waals surface area contributed by atoms with Crippen LogP contribution in [0.3, 0.4) is 0 Å². The van der Waals surface area contributed by atoms with E-state index in [0.29, 0.717) is 18.1 Å². The molecule has 0 radical (unpaired) electrons. The Morgan fingerprint density at radius 2 is 0.600 bits per heavy atom. The fourth-order valence-corrected chi connectivity index (χ4v) is 22.4.